The molecule has 1 atom stereocenters. The third-order valence-electron chi connectivity index (χ3n) is 4.55. The molecule has 27 heavy (non-hydrogen) atoms. The van der Waals surface area contributed by atoms with Crippen LogP contribution in [0.25, 0.3) is 6.08 Å². The maximum absolute atomic E-state index is 12.2. The number of carbonyl (C=O) groups excluding carboxylic acids is 1. The van der Waals surface area contributed by atoms with Crippen LogP contribution in [0.15, 0.2) is 42.0 Å². The third-order valence-corrected chi connectivity index (χ3v) is 4.55. The van der Waals surface area contributed by atoms with Gasteiger partial charge in [-0.1, -0.05) is 12.1 Å². The highest BCUT2D eigenvalue weighted by Crippen LogP contribution is 2.33. The van der Waals surface area contributed by atoms with E-state index in [1.165, 1.54) is 13.2 Å². The lowest BCUT2D eigenvalue weighted by molar-refractivity contribution is -0.135. The maximum Gasteiger partial charge on any atom is 0.334 e. The van der Waals surface area contributed by atoms with Gasteiger partial charge in [0, 0.05) is 11.5 Å². The second-order valence-corrected chi connectivity index (χ2v) is 6.22. The van der Waals surface area contributed by atoms with E-state index < -0.39 is 0 Å². The van der Waals surface area contributed by atoms with E-state index in [9.17, 15) is 9.90 Å². The van der Waals surface area contributed by atoms with E-state index in [2.05, 4.69) is 0 Å². The smallest absolute Gasteiger partial charge is 0.334 e. The summed E-state index contributed by atoms with van der Waals surface area (Å²) in [5.74, 6) is 1.31. The topological polar surface area (TPSA) is 74.2 Å². The Morgan fingerprint density at radius 3 is 2.48 bits per heavy atom. The Kier molecular flexibility index (Phi) is 5.54. The highest BCUT2D eigenvalue weighted by molar-refractivity contribution is 5.96. The van der Waals surface area contributed by atoms with E-state index in [4.69, 9.17) is 18.9 Å². The Morgan fingerprint density at radius 1 is 1.04 bits per heavy atom. The first-order valence-corrected chi connectivity index (χ1v) is 8.52. The average molecular weight is 370 g/mol. The zero-order valence-electron chi connectivity index (χ0n) is 15.5. The average Bonchev–Trinajstić information content (AvgIpc) is 3.02. The summed E-state index contributed by atoms with van der Waals surface area (Å²) < 4.78 is 21.0. The van der Waals surface area contributed by atoms with Crippen LogP contribution in [0.4, 0.5) is 0 Å². The molecule has 2 aromatic rings. The van der Waals surface area contributed by atoms with Gasteiger partial charge in [-0.3, -0.25) is 0 Å². The summed E-state index contributed by atoms with van der Waals surface area (Å²) in [4.78, 5) is 12.2. The minimum atomic E-state index is -0.326. The molecule has 1 aliphatic rings. The molecule has 142 valence electrons. The van der Waals surface area contributed by atoms with Gasteiger partial charge in [-0.15, -0.1) is 0 Å². The molecule has 0 radical (unpaired) electrons. The number of ether oxygens (including phenoxy) is 4. The van der Waals surface area contributed by atoms with Crippen molar-refractivity contribution in [1.82, 2.24) is 0 Å². The van der Waals surface area contributed by atoms with E-state index in [0.717, 1.165) is 11.1 Å². The van der Waals surface area contributed by atoms with Crippen LogP contribution < -0.4 is 14.2 Å². The van der Waals surface area contributed by atoms with Crippen molar-refractivity contribution in [2.45, 2.75) is 6.42 Å². The van der Waals surface area contributed by atoms with Crippen LogP contribution in [-0.4, -0.2) is 39.0 Å². The lowest BCUT2D eigenvalue weighted by Crippen LogP contribution is -2.08. The summed E-state index contributed by atoms with van der Waals surface area (Å²) in [7, 11) is 4.66. The van der Waals surface area contributed by atoms with Crippen LogP contribution in [0.5, 0.6) is 23.0 Å². The molecule has 6 nitrogen and oxygen atoms in total. The van der Waals surface area contributed by atoms with Gasteiger partial charge in [-0.2, -0.15) is 0 Å². The fourth-order valence-corrected chi connectivity index (χ4v) is 3.12. The molecular formula is C21H22O6. The fourth-order valence-electron chi connectivity index (χ4n) is 3.12. The SMILES string of the molecule is COc1cc(/C=C2/C(=O)OC[C@@H]2Cc2ccc(OC)c(OC)c2)ccc1O. The van der Waals surface area contributed by atoms with Gasteiger partial charge in [0.15, 0.2) is 23.0 Å². The van der Waals surface area contributed by atoms with Crippen molar-refractivity contribution < 1.29 is 28.8 Å². The standard InChI is InChI=1S/C21H22O6/c1-24-18-7-5-13(11-20(18)26-3)8-15-12-27-21(23)16(15)9-14-4-6-17(22)19(10-14)25-2/h4-7,9-11,15,22H,8,12H2,1-3H3/b16-9+/t15-/m0/s1. The third kappa shape index (κ3) is 4.00. The Balaban J connectivity index is 1.86. The lowest BCUT2D eigenvalue weighted by atomic mass is 9.92. The van der Waals surface area contributed by atoms with Gasteiger partial charge in [0.2, 0.25) is 0 Å². The molecule has 0 amide bonds. The molecule has 0 aliphatic carbocycles. The minimum absolute atomic E-state index is 0.0514. The molecule has 1 heterocycles. The Morgan fingerprint density at radius 2 is 1.78 bits per heavy atom. The summed E-state index contributed by atoms with van der Waals surface area (Å²) in [6.07, 6.45) is 2.41. The van der Waals surface area contributed by atoms with Crippen molar-refractivity contribution in [3.8, 4) is 23.0 Å². The Bertz CT molecular complexity index is 871. The maximum atomic E-state index is 12.2. The first-order valence-electron chi connectivity index (χ1n) is 8.52. The van der Waals surface area contributed by atoms with Crippen LogP contribution in [0.3, 0.4) is 0 Å². The molecule has 0 saturated carbocycles. The van der Waals surface area contributed by atoms with Crippen molar-refractivity contribution in [3.05, 3.63) is 53.1 Å². The van der Waals surface area contributed by atoms with Crippen molar-refractivity contribution >= 4 is 12.0 Å². The molecule has 1 fully saturated rings. The van der Waals surface area contributed by atoms with Crippen molar-refractivity contribution in [3.63, 3.8) is 0 Å². The van der Waals surface area contributed by atoms with Gasteiger partial charge in [0.25, 0.3) is 0 Å². The predicted molar refractivity (Wildman–Crippen MR) is 100 cm³/mol. The first-order chi connectivity index (χ1) is 13.0. The lowest BCUT2D eigenvalue weighted by Gasteiger charge is -2.12. The molecule has 1 aliphatic heterocycles. The minimum Gasteiger partial charge on any atom is -0.504 e. The van der Waals surface area contributed by atoms with Crippen LogP contribution in [-0.2, 0) is 16.0 Å². The quantitative estimate of drug-likeness (QED) is 0.622. The van der Waals surface area contributed by atoms with Crippen LogP contribution in [0.1, 0.15) is 11.1 Å². The Labute approximate surface area is 157 Å². The number of hydrogen-bond acceptors (Lipinski definition) is 6. The molecule has 1 saturated heterocycles. The monoisotopic (exact) mass is 370 g/mol. The predicted octanol–water partition coefficient (Wildman–Crippen LogP) is 3.22. The van der Waals surface area contributed by atoms with Crippen molar-refractivity contribution in [2.75, 3.05) is 27.9 Å². The number of cyclic esters (lactones) is 1. The van der Waals surface area contributed by atoms with Gasteiger partial charge >= 0.3 is 5.97 Å². The molecule has 6 heteroatoms. The number of hydrogen-bond donors (Lipinski definition) is 1. The molecule has 2 aromatic carbocycles. The molecule has 0 spiro atoms. The van der Waals surface area contributed by atoms with Crippen LogP contribution in [0.2, 0.25) is 0 Å². The summed E-state index contributed by atoms with van der Waals surface area (Å²) >= 11 is 0. The first kappa shape index (κ1) is 18.6. The Hall–Kier alpha value is -3.15. The number of aromatic hydroxyl groups is 1. The molecule has 0 unspecified atom stereocenters. The molecule has 0 aromatic heterocycles. The van der Waals surface area contributed by atoms with Gasteiger partial charge in [0.1, 0.15) is 0 Å². The summed E-state index contributed by atoms with van der Waals surface area (Å²) in [6.45, 7) is 0.328. The zero-order chi connectivity index (χ0) is 19.4. The van der Waals surface area contributed by atoms with E-state index in [-0.39, 0.29) is 17.6 Å². The normalized spacial score (nSPS) is 17.7. The van der Waals surface area contributed by atoms with E-state index in [1.807, 2.05) is 18.2 Å². The van der Waals surface area contributed by atoms with Gasteiger partial charge in [-0.25, -0.2) is 4.79 Å². The molecule has 0 bridgehead atoms. The number of benzene rings is 2. The largest absolute Gasteiger partial charge is 0.504 e. The zero-order valence-corrected chi connectivity index (χ0v) is 15.5. The van der Waals surface area contributed by atoms with Crippen molar-refractivity contribution in [1.29, 1.82) is 0 Å². The highest BCUT2D eigenvalue weighted by atomic mass is 16.5. The number of phenols is 1. The number of phenolic OH excluding ortho intramolecular Hbond substituents is 1. The van der Waals surface area contributed by atoms with E-state index >= 15 is 0 Å². The van der Waals surface area contributed by atoms with Crippen LogP contribution >= 0.6 is 0 Å². The number of carbonyl (C=O) groups is 1. The number of rotatable bonds is 6. The number of methoxy groups -OCH3 is 3. The van der Waals surface area contributed by atoms with Crippen LogP contribution in [0, 0.1) is 5.92 Å². The van der Waals surface area contributed by atoms with Gasteiger partial charge in [-0.05, 0) is 47.9 Å². The van der Waals surface area contributed by atoms with E-state index in [0.29, 0.717) is 35.8 Å². The van der Waals surface area contributed by atoms with Gasteiger partial charge < -0.3 is 24.1 Å². The summed E-state index contributed by atoms with van der Waals surface area (Å²) in [5, 5.41) is 9.73. The molecular weight excluding hydrogens is 348 g/mol. The number of esters is 1. The van der Waals surface area contributed by atoms with Gasteiger partial charge in [0.05, 0.1) is 27.9 Å². The van der Waals surface area contributed by atoms with E-state index in [1.54, 1.807) is 32.4 Å². The molecule has 1 N–H and O–H groups in total. The second-order valence-electron chi connectivity index (χ2n) is 6.22. The fraction of sp³-hybridized carbons (Fsp3) is 0.286. The second kappa shape index (κ2) is 8.03. The van der Waals surface area contributed by atoms with Crippen molar-refractivity contribution in [2.24, 2.45) is 5.92 Å². The highest BCUT2D eigenvalue weighted by Gasteiger charge is 2.30. The molecule has 3 rings (SSSR count). The summed E-state index contributed by atoms with van der Waals surface area (Å²) in [5.41, 5.74) is 2.37. The summed E-state index contributed by atoms with van der Waals surface area (Å²) in [6, 6.07) is 10.6.